The topological polar surface area (TPSA) is 70.1 Å². The number of rotatable bonds is 3. The Hall–Kier alpha value is -1.30. The van der Waals surface area contributed by atoms with E-state index in [0.717, 1.165) is 32.4 Å². The number of hydrogen-bond donors (Lipinski definition) is 1. The number of carboxylic acids is 1. The van der Waals surface area contributed by atoms with Gasteiger partial charge in [-0.15, -0.1) is 0 Å². The molecule has 21 heavy (non-hydrogen) atoms. The third-order valence-electron chi connectivity index (χ3n) is 4.53. The summed E-state index contributed by atoms with van der Waals surface area (Å²) in [5, 5.41) is 8.73. The number of piperidine rings is 1. The highest BCUT2D eigenvalue weighted by atomic mass is 16.5. The minimum absolute atomic E-state index is 0.0972. The first-order valence-corrected chi connectivity index (χ1v) is 7.76. The van der Waals surface area contributed by atoms with Crippen molar-refractivity contribution in [2.24, 2.45) is 5.92 Å². The second kappa shape index (κ2) is 6.64. The fourth-order valence-corrected chi connectivity index (χ4v) is 3.12. The van der Waals surface area contributed by atoms with E-state index in [0.29, 0.717) is 25.7 Å². The Bertz CT molecular complexity index is 389. The molecule has 0 saturated carbocycles. The number of aliphatic carboxylic acids is 1. The number of carboxylic acid groups (broad SMARTS) is 1. The molecule has 0 unspecified atom stereocenters. The highest BCUT2D eigenvalue weighted by Crippen LogP contribution is 2.25. The first kappa shape index (κ1) is 16.1. The molecule has 0 spiro atoms. The van der Waals surface area contributed by atoms with E-state index >= 15 is 0 Å². The lowest BCUT2D eigenvalue weighted by molar-refractivity contribution is -0.137. The summed E-state index contributed by atoms with van der Waals surface area (Å²) in [6.45, 7) is 7.35. The summed E-state index contributed by atoms with van der Waals surface area (Å²) in [7, 11) is 0. The molecule has 2 aliphatic rings. The molecule has 0 atom stereocenters. The van der Waals surface area contributed by atoms with E-state index in [4.69, 9.17) is 9.84 Å². The van der Waals surface area contributed by atoms with Gasteiger partial charge in [-0.2, -0.15) is 0 Å². The maximum Gasteiger partial charge on any atom is 0.320 e. The molecule has 0 aromatic carbocycles. The third-order valence-corrected chi connectivity index (χ3v) is 4.53. The summed E-state index contributed by atoms with van der Waals surface area (Å²) >= 11 is 0. The summed E-state index contributed by atoms with van der Waals surface area (Å²) in [5.74, 6) is -0.300. The molecule has 120 valence electrons. The molecule has 0 aromatic heterocycles. The van der Waals surface area contributed by atoms with Crippen molar-refractivity contribution >= 4 is 12.0 Å². The molecule has 0 aromatic rings. The van der Waals surface area contributed by atoms with Crippen LogP contribution in [0.5, 0.6) is 0 Å². The van der Waals surface area contributed by atoms with E-state index in [1.165, 1.54) is 0 Å². The summed E-state index contributed by atoms with van der Waals surface area (Å²) in [4.78, 5) is 27.1. The highest BCUT2D eigenvalue weighted by Gasteiger charge is 2.37. The van der Waals surface area contributed by atoms with Gasteiger partial charge in [-0.25, -0.2) is 4.79 Å². The second-order valence-corrected chi connectivity index (χ2v) is 6.66. The number of morpholine rings is 1. The molecular weight excluding hydrogens is 272 g/mol. The minimum Gasteiger partial charge on any atom is -0.481 e. The number of amides is 2. The van der Waals surface area contributed by atoms with Crippen LogP contribution in [-0.4, -0.2) is 65.3 Å². The van der Waals surface area contributed by atoms with Gasteiger partial charge in [-0.05, 0) is 39.0 Å². The van der Waals surface area contributed by atoms with Crippen LogP contribution in [0.2, 0.25) is 0 Å². The average Bonchev–Trinajstić information content (AvgIpc) is 2.44. The molecule has 2 heterocycles. The molecule has 2 aliphatic heterocycles. The lowest BCUT2D eigenvalue weighted by atomic mass is 9.92. The maximum atomic E-state index is 12.6. The molecule has 6 nitrogen and oxygen atoms in total. The van der Waals surface area contributed by atoms with E-state index in [2.05, 4.69) is 0 Å². The molecule has 0 bridgehead atoms. The number of urea groups is 1. The lowest BCUT2D eigenvalue weighted by Gasteiger charge is -2.45. The number of hydrogen-bond acceptors (Lipinski definition) is 3. The van der Waals surface area contributed by atoms with Crippen LogP contribution in [0.1, 0.15) is 39.5 Å². The first-order chi connectivity index (χ1) is 9.90. The predicted octanol–water partition coefficient (Wildman–Crippen LogP) is 1.79. The minimum atomic E-state index is -0.733. The van der Waals surface area contributed by atoms with E-state index in [9.17, 15) is 9.59 Å². The SMILES string of the molecule is CC1(C)COCCN1C(=O)N1CCC(CCC(=O)O)CC1. The van der Waals surface area contributed by atoms with Gasteiger partial charge in [0.15, 0.2) is 0 Å². The van der Waals surface area contributed by atoms with Crippen LogP contribution in [0.25, 0.3) is 0 Å². The average molecular weight is 298 g/mol. The highest BCUT2D eigenvalue weighted by molar-refractivity contribution is 5.75. The van der Waals surface area contributed by atoms with Gasteiger partial charge in [0.05, 0.1) is 18.8 Å². The number of ether oxygens (including phenoxy) is 1. The quantitative estimate of drug-likeness (QED) is 0.862. The Labute approximate surface area is 126 Å². The van der Waals surface area contributed by atoms with Crippen LogP contribution in [-0.2, 0) is 9.53 Å². The largest absolute Gasteiger partial charge is 0.481 e. The number of carbonyl (C=O) groups is 2. The Morgan fingerprint density at radius 2 is 1.90 bits per heavy atom. The Morgan fingerprint density at radius 1 is 1.24 bits per heavy atom. The fourth-order valence-electron chi connectivity index (χ4n) is 3.12. The van der Waals surface area contributed by atoms with Crippen molar-refractivity contribution in [2.75, 3.05) is 32.8 Å². The number of carbonyl (C=O) groups excluding carboxylic acids is 1. The smallest absolute Gasteiger partial charge is 0.320 e. The Balaban J connectivity index is 1.84. The maximum absolute atomic E-state index is 12.6. The standard InChI is InChI=1S/C15H26N2O4/c1-15(2)11-21-10-9-17(15)14(20)16-7-5-12(6-8-16)3-4-13(18)19/h12H,3-11H2,1-2H3,(H,18,19). The van der Waals surface area contributed by atoms with Crippen molar-refractivity contribution in [3.05, 3.63) is 0 Å². The van der Waals surface area contributed by atoms with E-state index in [1.807, 2.05) is 23.6 Å². The zero-order chi connectivity index (χ0) is 15.5. The van der Waals surface area contributed by atoms with Gasteiger partial charge in [-0.3, -0.25) is 4.79 Å². The van der Waals surface area contributed by atoms with Crippen molar-refractivity contribution in [1.29, 1.82) is 0 Å². The normalized spacial score (nSPS) is 23.1. The molecule has 2 saturated heterocycles. The molecular formula is C15H26N2O4. The van der Waals surface area contributed by atoms with Gasteiger partial charge in [-0.1, -0.05) is 0 Å². The molecule has 0 radical (unpaired) electrons. The zero-order valence-corrected chi connectivity index (χ0v) is 13.0. The van der Waals surface area contributed by atoms with Crippen LogP contribution < -0.4 is 0 Å². The van der Waals surface area contributed by atoms with Crippen LogP contribution in [0.15, 0.2) is 0 Å². The summed E-state index contributed by atoms with van der Waals surface area (Å²) < 4.78 is 5.46. The van der Waals surface area contributed by atoms with Gasteiger partial charge in [0.1, 0.15) is 0 Å². The second-order valence-electron chi connectivity index (χ2n) is 6.66. The van der Waals surface area contributed by atoms with Gasteiger partial charge in [0, 0.05) is 26.1 Å². The molecule has 2 amide bonds. The van der Waals surface area contributed by atoms with Crippen molar-refractivity contribution in [2.45, 2.75) is 45.1 Å². The Morgan fingerprint density at radius 3 is 2.48 bits per heavy atom. The van der Waals surface area contributed by atoms with E-state index < -0.39 is 5.97 Å². The molecule has 6 heteroatoms. The van der Waals surface area contributed by atoms with Crippen LogP contribution in [0.3, 0.4) is 0 Å². The number of nitrogens with zero attached hydrogens (tertiary/aromatic N) is 2. The lowest BCUT2D eigenvalue weighted by Crippen LogP contribution is -2.59. The molecule has 2 fully saturated rings. The van der Waals surface area contributed by atoms with Gasteiger partial charge in [0.2, 0.25) is 0 Å². The summed E-state index contributed by atoms with van der Waals surface area (Å²) in [6.07, 6.45) is 2.77. The summed E-state index contributed by atoms with van der Waals surface area (Å²) in [5.41, 5.74) is -0.254. The fraction of sp³-hybridized carbons (Fsp3) is 0.867. The van der Waals surface area contributed by atoms with Gasteiger partial charge in [0.25, 0.3) is 0 Å². The van der Waals surface area contributed by atoms with Crippen molar-refractivity contribution in [3.8, 4) is 0 Å². The van der Waals surface area contributed by atoms with Crippen LogP contribution in [0.4, 0.5) is 4.79 Å². The summed E-state index contributed by atoms with van der Waals surface area (Å²) in [6, 6.07) is 0.0972. The van der Waals surface area contributed by atoms with E-state index in [1.54, 1.807) is 0 Å². The van der Waals surface area contributed by atoms with Crippen molar-refractivity contribution in [1.82, 2.24) is 9.80 Å². The van der Waals surface area contributed by atoms with Crippen molar-refractivity contribution in [3.63, 3.8) is 0 Å². The molecule has 0 aliphatic carbocycles. The van der Waals surface area contributed by atoms with Gasteiger partial charge >= 0.3 is 12.0 Å². The predicted molar refractivity (Wildman–Crippen MR) is 78.2 cm³/mol. The van der Waals surface area contributed by atoms with Gasteiger partial charge < -0.3 is 19.6 Å². The molecule has 2 rings (SSSR count). The number of likely N-dealkylation sites (tertiary alicyclic amines) is 1. The van der Waals surface area contributed by atoms with Crippen LogP contribution >= 0.6 is 0 Å². The van der Waals surface area contributed by atoms with Crippen LogP contribution in [0, 0.1) is 5.92 Å². The first-order valence-electron chi connectivity index (χ1n) is 7.76. The Kier molecular flexibility index (Phi) is 5.08. The monoisotopic (exact) mass is 298 g/mol. The third kappa shape index (κ3) is 4.09. The van der Waals surface area contributed by atoms with Crippen molar-refractivity contribution < 1.29 is 19.4 Å². The zero-order valence-electron chi connectivity index (χ0n) is 13.0. The van der Waals surface area contributed by atoms with E-state index in [-0.39, 0.29) is 18.0 Å². The molecule has 1 N–H and O–H groups in total.